The molecule has 1 atom stereocenters. The van der Waals surface area contributed by atoms with Crippen LogP contribution in [0.15, 0.2) is 54.6 Å². The molecule has 3 rings (SSSR count). The number of methoxy groups -OCH3 is 2. The molecule has 23 heavy (non-hydrogen) atoms. The summed E-state index contributed by atoms with van der Waals surface area (Å²) in [6, 6.07) is 15.8. The zero-order valence-corrected chi connectivity index (χ0v) is 13.8. The van der Waals surface area contributed by atoms with E-state index in [-0.39, 0.29) is 6.04 Å². The summed E-state index contributed by atoms with van der Waals surface area (Å²) in [4.78, 5) is 0. The van der Waals surface area contributed by atoms with Gasteiger partial charge < -0.3 is 20.1 Å². The normalized spacial score (nSPS) is 16.9. The maximum atomic E-state index is 5.50. The van der Waals surface area contributed by atoms with E-state index in [4.69, 9.17) is 21.7 Å². The molecule has 4 nitrogen and oxygen atoms in total. The predicted molar refractivity (Wildman–Crippen MR) is 95.6 cm³/mol. The Morgan fingerprint density at radius 2 is 1.78 bits per heavy atom. The van der Waals surface area contributed by atoms with Crippen molar-refractivity contribution in [2.75, 3.05) is 14.2 Å². The lowest BCUT2D eigenvalue weighted by Gasteiger charge is -2.27. The predicted octanol–water partition coefficient (Wildman–Crippen LogP) is 3.26. The Hall–Kier alpha value is -2.53. The molecular weight excluding hydrogens is 308 g/mol. The van der Waals surface area contributed by atoms with Crippen LogP contribution in [-0.4, -0.2) is 19.3 Å². The van der Waals surface area contributed by atoms with Crippen LogP contribution in [-0.2, 0) is 0 Å². The maximum Gasteiger partial charge on any atom is 0.171 e. The summed E-state index contributed by atoms with van der Waals surface area (Å²) >= 11 is 5.36. The van der Waals surface area contributed by atoms with E-state index in [2.05, 4.69) is 28.8 Å². The standard InChI is InChI=1S/C18H18N2O2S/c1-21-13-8-9-14(17(10-13)22-2)16-11-15(19-18(23)20-16)12-6-4-3-5-7-12/h3-11,16H,1-2H3,(H2,19,20,23). The van der Waals surface area contributed by atoms with Crippen LogP contribution >= 0.6 is 12.2 Å². The van der Waals surface area contributed by atoms with Gasteiger partial charge in [-0.1, -0.05) is 30.3 Å². The molecule has 2 aromatic rings. The zero-order chi connectivity index (χ0) is 16.2. The lowest BCUT2D eigenvalue weighted by Crippen LogP contribution is -2.40. The van der Waals surface area contributed by atoms with E-state index in [1.807, 2.05) is 36.4 Å². The van der Waals surface area contributed by atoms with Gasteiger partial charge in [-0.2, -0.15) is 0 Å². The van der Waals surface area contributed by atoms with Crippen molar-refractivity contribution in [1.82, 2.24) is 10.6 Å². The van der Waals surface area contributed by atoms with Gasteiger partial charge in [0.1, 0.15) is 11.5 Å². The molecule has 0 saturated carbocycles. The number of thiocarbonyl (C=S) groups is 1. The van der Waals surface area contributed by atoms with Crippen molar-refractivity contribution < 1.29 is 9.47 Å². The summed E-state index contributed by atoms with van der Waals surface area (Å²) in [5.74, 6) is 1.52. The first-order chi connectivity index (χ1) is 11.2. The van der Waals surface area contributed by atoms with Crippen LogP contribution in [0.4, 0.5) is 0 Å². The van der Waals surface area contributed by atoms with E-state index in [9.17, 15) is 0 Å². The first-order valence-electron chi connectivity index (χ1n) is 7.28. The topological polar surface area (TPSA) is 42.5 Å². The summed E-state index contributed by atoms with van der Waals surface area (Å²) in [7, 11) is 3.29. The average Bonchev–Trinajstić information content (AvgIpc) is 2.61. The van der Waals surface area contributed by atoms with E-state index in [1.54, 1.807) is 14.2 Å². The molecule has 1 aliphatic heterocycles. The molecule has 0 fully saturated rings. The van der Waals surface area contributed by atoms with Crippen molar-refractivity contribution in [2.24, 2.45) is 0 Å². The Labute approximate surface area is 141 Å². The van der Waals surface area contributed by atoms with Crippen LogP contribution in [0.25, 0.3) is 5.70 Å². The van der Waals surface area contributed by atoms with Crippen molar-refractivity contribution in [1.29, 1.82) is 0 Å². The summed E-state index contributed by atoms with van der Waals surface area (Å²) in [5.41, 5.74) is 3.08. The minimum atomic E-state index is -0.0696. The molecule has 2 aromatic carbocycles. The highest BCUT2D eigenvalue weighted by molar-refractivity contribution is 7.80. The largest absolute Gasteiger partial charge is 0.497 e. The third kappa shape index (κ3) is 3.29. The van der Waals surface area contributed by atoms with Gasteiger partial charge in [-0.3, -0.25) is 0 Å². The first-order valence-corrected chi connectivity index (χ1v) is 7.69. The molecule has 0 saturated heterocycles. The van der Waals surface area contributed by atoms with Gasteiger partial charge in [-0.05, 0) is 36.0 Å². The molecule has 118 valence electrons. The van der Waals surface area contributed by atoms with Crippen molar-refractivity contribution in [3.63, 3.8) is 0 Å². The van der Waals surface area contributed by atoms with Gasteiger partial charge in [-0.25, -0.2) is 0 Å². The van der Waals surface area contributed by atoms with Gasteiger partial charge in [0, 0.05) is 17.3 Å². The number of ether oxygens (including phenoxy) is 2. The summed E-state index contributed by atoms with van der Waals surface area (Å²) in [6.07, 6.45) is 2.11. The Morgan fingerprint density at radius 1 is 1.00 bits per heavy atom. The average molecular weight is 326 g/mol. The minimum absolute atomic E-state index is 0.0696. The second-order valence-corrected chi connectivity index (χ2v) is 5.54. The quantitative estimate of drug-likeness (QED) is 0.844. The number of hydrogen-bond acceptors (Lipinski definition) is 3. The lowest BCUT2D eigenvalue weighted by molar-refractivity contribution is 0.389. The highest BCUT2D eigenvalue weighted by Gasteiger charge is 2.21. The van der Waals surface area contributed by atoms with Crippen LogP contribution in [0.3, 0.4) is 0 Å². The second-order valence-electron chi connectivity index (χ2n) is 5.13. The Balaban J connectivity index is 2.00. The maximum absolute atomic E-state index is 5.50. The Kier molecular flexibility index (Phi) is 4.48. The number of benzene rings is 2. The van der Waals surface area contributed by atoms with Gasteiger partial charge >= 0.3 is 0 Å². The van der Waals surface area contributed by atoms with Gasteiger partial charge in [0.2, 0.25) is 0 Å². The molecule has 0 bridgehead atoms. The minimum Gasteiger partial charge on any atom is -0.497 e. The van der Waals surface area contributed by atoms with Gasteiger partial charge in [0.25, 0.3) is 0 Å². The molecule has 0 amide bonds. The SMILES string of the molecule is COc1ccc(C2C=C(c3ccccc3)NC(=S)N2)c(OC)c1. The molecule has 5 heteroatoms. The summed E-state index contributed by atoms with van der Waals surface area (Å²) < 4.78 is 10.8. The third-order valence-corrected chi connectivity index (χ3v) is 3.95. The van der Waals surface area contributed by atoms with Crippen LogP contribution in [0.2, 0.25) is 0 Å². The summed E-state index contributed by atoms with van der Waals surface area (Å²) in [6.45, 7) is 0. The summed E-state index contributed by atoms with van der Waals surface area (Å²) in [5, 5.41) is 7.07. The highest BCUT2D eigenvalue weighted by atomic mass is 32.1. The third-order valence-electron chi connectivity index (χ3n) is 3.73. The highest BCUT2D eigenvalue weighted by Crippen LogP contribution is 2.32. The number of nitrogens with one attached hydrogen (secondary N) is 2. The molecule has 1 heterocycles. The molecule has 2 N–H and O–H groups in total. The Morgan fingerprint density at radius 3 is 2.48 bits per heavy atom. The monoisotopic (exact) mass is 326 g/mol. The van der Waals surface area contributed by atoms with Crippen LogP contribution in [0.1, 0.15) is 17.2 Å². The van der Waals surface area contributed by atoms with E-state index in [0.29, 0.717) is 5.11 Å². The van der Waals surface area contributed by atoms with Crippen LogP contribution in [0.5, 0.6) is 11.5 Å². The fourth-order valence-corrected chi connectivity index (χ4v) is 2.82. The molecular formula is C18H18N2O2S. The molecule has 0 aromatic heterocycles. The van der Waals surface area contributed by atoms with Gasteiger partial charge in [0.15, 0.2) is 5.11 Å². The van der Waals surface area contributed by atoms with E-state index >= 15 is 0 Å². The van der Waals surface area contributed by atoms with Gasteiger partial charge in [0.05, 0.1) is 20.3 Å². The lowest BCUT2D eigenvalue weighted by atomic mass is 10.0. The second kappa shape index (κ2) is 6.71. The van der Waals surface area contributed by atoms with E-state index in [0.717, 1.165) is 28.3 Å². The van der Waals surface area contributed by atoms with Crippen molar-refractivity contribution in [3.8, 4) is 11.5 Å². The fraction of sp³-hybridized carbons (Fsp3) is 0.167. The van der Waals surface area contributed by atoms with Crippen LogP contribution < -0.4 is 20.1 Å². The van der Waals surface area contributed by atoms with Crippen molar-refractivity contribution >= 4 is 23.0 Å². The van der Waals surface area contributed by atoms with E-state index in [1.165, 1.54) is 0 Å². The molecule has 0 spiro atoms. The molecule has 0 aliphatic carbocycles. The van der Waals surface area contributed by atoms with Crippen LogP contribution in [0, 0.1) is 0 Å². The first kappa shape index (κ1) is 15.4. The fourth-order valence-electron chi connectivity index (χ4n) is 2.58. The smallest absolute Gasteiger partial charge is 0.171 e. The molecule has 1 unspecified atom stereocenters. The number of hydrogen-bond donors (Lipinski definition) is 2. The molecule has 0 radical (unpaired) electrons. The Bertz CT molecular complexity index is 744. The van der Waals surface area contributed by atoms with Gasteiger partial charge in [-0.15, -0.1) is 0 Å². The van der Waals surface area contributed by atoms with Crippen molar-refractivity contribution in [3.05, 3.63) is 65.7 Å². The van der Waals surface area contributed by atoms with Crippen molar-refractivity contribution in [2.45, 2.75) is 6.04 Å². The van der Waals surface area contributed by atoms with E-state index < -0.39 is 0 Å². The number of rotatable bonds is 4. The molecule has 1 aliphatic rings. The zero-order valence-electron chi connectivity index (χ0n) is 13.0.